The molecule has 0 aliphatic rings. The quantitative estimate of drug-likeness (QED) is 0.185. The first kappa shape index (κ1) is 27.0. The smallest absolute Gasteiger partial charge is 0.0788 e. The van der Waals surface area contributed by atoms with E-state index in [1.165, 1.54) is 44.0 Å². The molecule has 2 heterocycles. The van der Waals surface area contributed by atoms with Gasteiger partial charge in [-0.25, -0.2) is 0 Å². The number of rotatable bonds is 6. The zero-order chi connectivity index (χ0) is 31.2. The molecule has 3 nitrogen and oxygen atoms in total. The van der Waals surface area contributed by atoms with Crippen LogP contribution >= 0.6 is 0 Å². The molecule has 9 rings (SSSR count). The van der Waals surface area contributed by atoms with Crippen molar-refractivity contribution >= 4 is 49.8 Å². The summed E-state index contributed by atoms with van der Waals surface area (Å²) in [6.07, 6.45) is 0. The maximum absolute atomic E-state index is 2.44. The van der Waals surface area contributed by atoms with Crippen molar-refractivity contribution in [3.05, 3.63) is 188 Å². The van der Waals surface area contributed by atoms with E-state index in [9.17, 15) is 0 Å². The van der Waals surface area contributed by atoms with Crippen LogP contribution in [0.3, 0.4) is 0 Å². The van der Waals surface area contributed by atoms with Gasteiger partial charge in [0.2, 0.25) is 0 Å². The van der Waals surface area contributed by atoms with Gasteiger partial charge < -0.3 is 14.0 Å². The van der Waals surface area contributed by atoms with Crippen molar-refractivity contribution in [3.63, 3.8) is 0 Å². The van der Waals surface area contributed by atoms with Crippen LogP contribution in [-0.2, 0) is 0 Å². The van der Waals surface area contributed by atoms with Gasteiger partial charge in [-0.3, -0.25) is 0 Å². The first-order valence-corrected chi connectivity index (χ1v) is 16.0. The van der Waals surface area contributed by atoms with Crippen molar-refractivity contribution in [1.82, 2.24) is 9.13 Å². The normalized spacial score (nSPS) is 11.4. The number of nitrogens with zero attached hydrogens (tertiary/aromatic N) is 3. The molecule has 0 aliphatic heterocycles. The van der Waals surface area contributed by atoms with Crippen molar-refractivity contribution < 1.29 is 0 Å². The van der Waals surface area contributed by atoms with Gasteiger partial charge in [-0.2, -0.15) is 0 Å². The minimum atomic E-state index is 1.11. The van der Waals surface area contributed by atoms with Crippen LogP contribution in [0.25, 0.3) is 55.3 Å². The fraction of sp³-hybridized carbons (Fsp3) is 0. The van der Waals surface area contributed by atoms with Crippen LogP contribution in [-0.4, -0.2) is 9.13 Å². The molecule has 0 atom stereocenters. The van der Waals surface area contributed by atoms with Gasteiger partial charge >= 0.3 is 0 Å². The molecule has 0 unspecified atom stereocenters. The topological polar surface area (TPSA) is 13.1 Å². The predicted molar refractivity (Wildman–Crippen MR) is 198 cm³/mol. The molecule has 0 N–H and O–H groups in total. The molecule has 0 fully saturated rings. The summed E-state index contributed by atoms with van der Waals surface area (Å²) in [5.74, 6) is 0. The second-order valence-electron chi connectivity index (χ2n) is 11.8. The number of anilines is 3. The van der Waals surface area contributed by atoms with Crippen molar-refractivity contribution in [2.24, 2.45) is 0 Å². The number of fused-ring (bicyclic) bond motifs is 5. The molecule has 47 heavy (non-hydrogen) atoms. The fourth-order valence-electron chi connectivity index (χ4n) is 7.03. The van der Waals surface area contributed by atoms with Crippen LogP contribution < -0.4 is 4.90 Å². The van der Waals surface area contributed by atoms with Gasteiger partial charge in [0.05, 0.1) is 22.2 Å². The molecule has 0 bridgehead atoms. The van der Waals surface area contributed by atoms with Gasteiger partial charge in [0.25, 0.3) is 0 Å². The SMILES string of the molecule is c1ccc(-c2cc3ccc4c5ccccc5n(-c5ccc(N(c6ccccc6)c6ccccc6)cc5)c4c3n2-c2ccccc2)cc1. The molecule has 3 heteroatoms. The van der Waals surface area contributed by atoms with Crippen molar-refractivity contribution in [3.8, 4) is 22.6 Å². The van der Waals surface area contributed by atoms with Gasteiger partial charge in [0.15, 0.2) is 0 Å². The predicted octanol–water partition coefficient (Wildman–Crippen LogP) is 11.9. The molecule has 2 aromatic heterocycles. The second kappa shape index (κ2) is 11.2. The van der Waals surface area contributed by atoms with Gasteiger partial charge in [0.1, 0.15) is 0 Å². The maximum Gasteiger partial charge on any atom is 0.0788 e. The lowest BCUT2D eigenvalue weighted by Crippen LogP contribution is -2.09. The Bertz CT molecular complexity index is 2440. The highest BCUT2D eigenvalue weighted by Crippen LogP contribution is 2.42. The van der Waals surface area contributed by atoms with E-state index in [1.807, 2.05) is 0 Å². The van der Waals surface area contributed by atoms with Gasteiger partial charge in [0, 0.05) is 44.6 Å². The molecule has 7 aromatic carbocycles. The lowest BCUT2D eigenvalue weighted by molar-refractivity contribution is 1.12. The Balaban J connectivity index is 1.31. The Kier molecular flexibility index (Phi) is 6.46. The molecule has 0 spiro atoms. The maximum atomic E-state index is 2.44. The Morgan fingerprint density at radius 2 is 0.894 bits per heavy atom. The molecule has 0 aliphatic carbocycles. The van der Waals surface area contributed by atoms with E-state index in [0.29, 0.717) is 0 Å². The zero-order valence-electron chi connectivity index (χ0n) is 25.7. The molecular weight excluding hydrogens is 571 g/mol. The van der Waals surface area contributed by atoms with E-state index in [1.54, 1.807) is 0 Å². The van der Waals surface area contributed by atoms with E-state index >= 15 is 0 Å². The van der Waals surface area contributed by atoms with Crippen LogP contribution in [0.15, 0.2) is 188 Å². The van der Waals surface area contributed by atoms with E-state index in [2.05, 4.69) is 202 Å². The average Bonchev–Trinajstić information content (AvgIpc) is 3.70. The summed E-state index contributed by atoms with van der Waals surface area (Å²) in [5.41, 5.74) is 11.6. The number of hydrogen-bond donors (Lipinski definition) is 0. The van der Waals surface area contributed by atoms with Crippen LogP contribution in [0.5, 0.6) is 0 Å². The fourth-order valence-corrected chi connectivity index (χ4v) is 7.03. The molecular formula is C44H31N3. The van der Waals surface area contributed by atoms with E-state index in [4.69, 9.17) is 0 Å². The molecule has 222 valence electrons. The average molecular weight is 602 g/mol. The van der Waals surface area contributed by atoms with Crippen LogP contribution in [0.1, 0.15) is 0 Å². The summed E-state index contributed by atoms with van der Waals surface area (Å²) in [6.45, 7) is 0. The summed E-state index contributed by atoms with van der Waals surface area (Å²) in [5, 5.41) is 3.69. The third-order valence-corrected chi connectivity index (χ3v) is 9.08. The number of hydrogen-bond acceptors (Lipinski definition) is 1. The van der Waals surface area contributed by atoms with Gasteiger partial charge in [-0.05, 0) is 78.4 Å². The lowest BCUT2D eigenvalue weighted by Gasteiger charge is -2.25. The Hall–Kier alpha value is -6.32. The number of para-hydroxylation sites is 4. The molecule has 0 saturated heterocycles. The highest BCUT2D eigenvalue weighted by atomic mass is 15.1. The Labute approximate surface area is 273 Å². The van der Waals surface area contributed by atoms with Crippen LogP contribution in [0.4, 0.5) is 17.1 Å². The summed E-state index contributed by atoms with van der Waals surface area (Å²) in [7, 11) is 0. The van der Waals surface area contributed by atoms with Crippen molar-refractivity contribution in [1.29, 1.82) is 0 Å². The minimum Gasteiger partial charge on any atom is -0.311 e. The van der Waals surface area contributed by atoms with Crippen molar-refractivity contribution in [2.45, 2.75) is 0 Å². The molecule has 0 amide bonds. The monoisotopic (exact) mass is 601 g/mol. The Morgan fingerprint density at radius 1 is 0.362 bits per heavy atom. The lowest BCUT2D eigenvalue weighted by atomic mass is 10.1. The third-order valence-electron chi connectivity index (χ3n) is 9.08. The van der Waals surface area contributed by atoms with Crippen molar-refractivity contribution in [2.75, 3.05) is 4.90 Å². The summed E-state index contributed by atoms with van der Waals surface area (Å²) >= 11 is 0. The van der Waals surface area contributed by atoms with E-state index in [-0.39, 0.29) is 0 Å². The van der Waals surface area contributed by atoms with Gasteiger partial charge in [-0.1, -0.05) is 115 Å². The summed E-state index contributed by atoms with van der Waals surface area (Å²) < 4.78 is 4.88. The minimum absolute atomic E-state index is 1.11. The third kappa shape index (κ3) is 4.52. The number of benzene rings is 7. The first-order chi connectivity index (χ1) is 23.3. The highest BCUT2D eigenvalue weighted by Gasteiger charge is 2.21. The van der Waals surface area contributed by atoms with E-state index < -0.39 is 0 Å². The second-order valence-corrected chi connectivity index (χ2v) is 11.8. The van der Waals surface area contributed by atoms with Gasteiger partial charge in [-0.15, -0.1) is 0 Å². The first-order valence-electron chi connectivity index (χ1n) is 16.0. The number of aromatic nitrogens is 2. The molecule has 9 aromatic rings. The standard InChI is InChI=1S/C44H31N3/c1-5-15-32(16-6-1)42-31-33-25-30-40-39-23-13-14-24-41(39)46(44(40)43(33)47(42)36-21-11-4-12-22-36)38-28-26-37(27-29-38)45(34-17-7-2-8-18-34)35-19-9-3-10-20-35/h1-31H. The summed E-state index contributed by atoms with van der Waals surface area (Å²) in [4.78, 5) is 2.31. The van der Waals surface area contributed by atoms with E-state index in [0.717, 1.165) is 28.4 Å². The zero-order valence-corrected chi connectivity index (χ0v) is 25.7. The van der Waals surface area contributed by atoms with Crippen LogP contribution in [0, 0.1) is 0 Å². The molecule has 0 radical (unpaired) electrons. The highest BCUT2D eigenvalue weighted by molar-refractivity contribution is 6.19. The summed E-state index contributed by atoms with van der Waals surface area (Å²) in [6, 6.07) is 67.2. The molecule has 0 saturated carbocycles. The Morgan fingerprint density at radius 3 is 1.55 bits per heavy atom. The largest absolute Gasteiger partial charge is 0.311 e. The van der Waals surface area contributed by atoms with Crippen LogP contribution in [0.2, 0.25) is 0 Å².